The third kappa shape index (κ3) is 4.45. The molecular formula is C26H20Cl3NO5. The van der Waals surface area contributed by atoms with Gasteiger partial charge in [-0.15, -0.1) is 0 Å². The van der Waals surface area contributed by atoms with Crippen LogP contribution in [0.25, 0.3) is 5.76 Å². The summed E-state index contributed by atoms with van der Waals surface area (Å²) in [5.74, 6) is -1.18. The Balaban J connectivity index is 2.01. The first kappa shape index (κ1) is 24.9. The molecule has 35 heavy (non-hydrogen) atoms. The van der Waals surface area contributed by atoms with Crippen molar-refractivity contribution in [3.05, 3.63) is 91.9 Å². The Kier molecular flexibility index (Phi) is 6.99. The normalized spacial score (nSPS) is 17.1. The van der Waals surface area contributed by atoms with Gasteiger partial charge >= 0.3 is 0 Å². The van der Waals surface area contributed by atoms with E-state index in [1.807, 2.05) is 0 Å². The van der Waals surface area contributed by atoms with Crippen LogP contribution in [0.15, 0.2) is 60.2 Å². The summed E-state index contributed by atoms with van der Waals surface area (Å²) < 4.78 is 10.8. The lowest BCUT2D eigenvalue weighted by atomic mass is 9.94. The molecule has 0 saturated carbocycles. The number of carbonyl (C=O) groups excluding carboxylic acids is 2. The van der Waals surface area contributed by atoms with Gasteiger partial charge in [0.15, 0.2) is 11.5 Å². The number of benzene rings is 3. The lowest BCUT2D eigenvalue weighted by Crippen LogP contribution is -2.30. The molecule has 0 radical (unpaired) electrons. The average Bonchev–Trinajstić information content (AvgIpc) is 3.11. The molecule has 1 amide bonds. The van der Waals surface area contributed by atoms with Gasteiger partial charge in [-0.25, -0.2) is 0 Å². The maximum absolute atomic E-state index is 13.4. The van der Waals surface area contributed by atoms with Crippen LogP contribution >= 0.6 is 34.8 Å². The number of ketones is 1. The number of methoxy groups -OCH3 is 2. The second-order valence-corrected chi connectivity index (χ2v) is 9.09. The molecule has 0 aromatic heterocycles. The van der Waals surface area contributed by atoms with E-state index in [0.717, 1.165) is 5.56 Å². The van der Waals surface area contributed by atoms with Crippen LogP contribution in [-0.2, 0) is 9.59 Å². The van der Waals surface area contributed by atoms with Crippen LogP contribution in [0.1, 0.15) is 22.7 Å². The molecule has 1 N–H and O–H groups in total. The summed E-state index contributed by atoms with van der Waals surface area (Å²) in [6.07, 6.45) is 0. The third-order valence-electron chi connectivity index (χ3n) is 5.79. The number of halogens is 3. The number of anilines is 1. The van der Waals surface area contributed by atoms with Gasteiger partial charge in [0, 0.05) is 16.3 Å². The van der Waals surface area contributed by atoms with Gasteiger partial charge in [-0.3, -0.25) is 14.5 Å². The van der Waals surface area contributed by atoms with Crippen molar-refractivity contribution in [3.8, 4) is 11.5 Å². The van der Waals surface area contributed by atoms with Crippen LogP contribution in [0.5, 0.6) is 11.5 Å². The molecule has 4 rings (SSSR count). The first-order valence-corrected chi connectivity index (χ1v) is 11.6. The molecule has 3 aromatic rings. The van der Waals surface area contributed by atoms with Crippen molar-refractivity contribution in [1.82, 2.24) is 0 Å². The van der Waals surface area contributed by atoms with Gasteiger partial charge in [-0.2, -0.15) is 0 Å². The number of rotatable bonds is 5. The number of aliphatic hydroxyl groups excluding tert-OH is 1. The Labute approximate surface area is 217 Å². The summed E-state index contributed by atoms with van der Waals surface area (Å²) in [7, 11) is 2.98. The second-order valence-electron chi connectivity index (χ2n) is 7.84. The monoisotopic (exact) mass is 531 g/mol. The molecule has 1 heterocycles. The number of aliphatic hydroxyl groups is 1. The van der Waals surface area contributed by atoms with Crippen molar-refractivity contribution < 1.29 is 24.2 Å². The topological polar surface area (TPSA) is 76.1 Å². The second kappa shape index (κ2) is 9.82. The van der Waals surface area contributed by atoms with Crippen LogP contribution in [0, 0.1) is 6.92 Å². The number of aryl methyl sites for hydroxylation is 1. The molecule has 0 aliphatic carbocycles. The number of carbonyl (C=O) groups is 2. The van der Waals surface area contributed by atoms with E-state index in [9.17, 15) is 14.7 Å². The summed E-state index contributed by atoms with van der Waals surface area (Å²) in [6, 6.07) is 13.5. The minimum Gasteiger partial charge on any atom is -0.507 e. The van der Waals surface area contributed by atoms with Crippen LogP contribution in [0.2, 0.25) is 15.1 Å². The minimum absolute atomic E-state index is 0.111. The first-order valence-electron chi connectivity index (χ1n) is 10.4. The van der Waals surface area contributed by atoms with Crippen molar-refractivity contribution in [2.24, 2.45) is 0 Å². The highest BCUT2D eigenvalue weighted by Gasteiger charge is 2.47. The standard InChI is InChI=1S/C26H20Cl3NO5/c1-13-4-7-16(27)12-19(13)30-23(14-6-9-20(34-2)21(11-14)35-3)22(25(32)26(30)33)24(31)15-5-8-17(28)18(29)10-15/h4-12,23,31H,1-3H3/b24-22+. The fourth-order valence-electron chi connectivity index (χ4n) is 4.06. The minimum atomic E-state index is -0.985. The molecule has 3 aromatic carbocycles. The Morgan fingerprint density at radius 2 is 1.60 bits per heavy atom. The van der Waals surface area contributed by atoms with Gasteiger partial charge < -0.3 is 14.6 Å². The Morgan fingerprint density at radius 1 is 0.886 bits per heavy atom. The molecule has 0 spiro atoms. The molecule has 1 aliphatic rings. The van der Waals surface area contributed by atoms with Gasteiger partial charge in [0.2, 0.25) is 0 Å². The van der Waals surface area contributed by atoms with E-state index in [-0.39, 0.29) is 26.9 Å². The van der Waals surface area contributed by atoms with E-state index in [0.29, 0.717) is 27.8 Å². The van der Waals surface area contributed by atoms with E-state index >= 15 is 0 Å². The number of hydrogen-bond acceptors (Lipinski definition) is 5. The molecule has 9 heteroatoms. The van der Waals surface area contributed by atoms with Crippen molar-refractivity contribution in [3.63, 3.8) is 0 Å². The fraction of sp³-hybridized carbons (Fsp3) is 0.154. The summed E-state index contributed by atoms with van der Waals surface area (Å²) in [5, 5.41) is 12.1. The first-order chi connectivity index (χ1) is 16.7. The van der Waals surface area contributed by atoms with Gasteiger partial charge in [-0.1, -0.05) is 46.9 Å². The highest BCUT2D eigenvalue weighted by atomic mass is 35.5. The largest absolute Gasteiger partial charge is 0.507 e. The SMILES string of the molecule is COc1ccc(C2/C(=C(\O)c3ccc(Cl)c(Cl)c3)C(=O)C(=O)N2c2cc(Cl)ccc2C)cc1OC. The highest BCUT2D eigenvalue weighted by Crippen LogP contribution is 2.45. The number of Topliss-reactive ketones (excluding diaryl/α,β-unsaturated/α-hetero) is 1. The summed E-state index contributed by atoms with van der Waals surface area (Å²) in [6.45, 7) is 1.80. The van der Waals surface area contributed by atoms with Crippen LogP contribution < -0.4 is 14.4 Å². The van der Waals surface area contributed by atoms with Gasteiger partial charge in [-0.05, 0) is 60.5 Å². The predicted octanol–water partition coefficient (Wildman–Crippen LogP) is 6.60. The average molecular weight is 533 g/mol. The molecule has 180 valence electrons. The van der Waals surface area contributed by atoms with Crippen molar-refractivity contribution in [2.75, 3.05) is 19.1 Å². The van der Waals surface area contributed by atoms with Gasteiger partial charge in [0.05, 0.1) is 35.9 Å². The molecular weight excluding hydrogens is 513 g/mol. The molecule has 0 bridgehead atoms. The molecule has 1 fully saturated rings. The van der Waals surface area contributed by atoms with Crippen LogP contribution in [-0.4, -0.2) is 31.0 Å². The Morgan fingerprint density at radius 3 is 2.26 bits per heavy atom. The van der Waals surface area contributed by atoms with Gasteiger partial charge in [0.25, 0.3) is 11.7 Å². The molecule has 1 aliphatic heterocycles. The van der Waals surface area contributed by atoms with E-state index in [2.05, 4.69) is 0 Å². The Bertz CT molecular complexity index is 1390. The van der Waals surface area contributed by atoms with E-state index in [1.54, 1.807) is 43.3 Å². The van der Waals surface area contributed by atoms with E-state index in [1.165, 1.54) is 37.3 Å². The number of amides is 1. The fourth-order valence-corrected chi connectivity index (χ4v) is 4.52. The quantitative estimate of drug-likeness (QED) is 0.228. The van der Waals surface area contributed by atoms with Crippen LogP contribution in [0.4, 0.5) is 5.69 Å². The lowest BCUT2D eigenvalue weighted by Gasteiger charge is -2.27. The zero-order valence-corrected chi connectivity index (χ0v) is 21.2. The lowest BCUT2D eigenvalue weighted by molar-refractivity contribution is -0.132. The smallest absolute Gasteiger partial charge is 0.300 e. The molecule has 1 atom stereocenters. The van der Waals surface area contributed by atoms with Crippen molar-refractivity contribution in [1.29, 1.82) is 0 Å². The molecule has 6 nitrogen and oxygen atoms in total. The zero-order valence-electron chi connectivity index (χ0n) is 18.9. The number of ether oxygens (including phenoxy) is 2. The maximum Gasteiger partial charge on any atom is 0.300 e. The summed E-state index contributed by atoms with van der Waals surface area (Å²) >= 11 is 18.4. The third-order valence-corrected chi connectivity index (χ3v) is 6.77. The van der Waals surface area contributed by atoms with Gasteiger partial charge in [0.1, 0.15) is 5.76 Å². The zero-order chi connectivity index (χ0) is 25.4. The molecule has 1 saturated heterocycles. The summed E-state index contributed by atoms with van der Waals surface area (Å²) in [5.41, 5.74) is 1.80. The summed E-state index contributed by atoms with van der Waals surface area (Å²) in [4.78, 5) is 28.1. The van der Waals surface area contributed by atoms with Crippen LogP contribution in [0.3, 0.4) is 0 Å². The predicted molar refractivity (Wildman–Crippen MR) is 137 cm³/mol. The van der Waals surface area contributed by atoms with Crippen molar-refractivity contribution >= 4 is 57.9 Å². The molecule has 1 unspecified atom stereocenters. The van der Waals surface area contributed by atoms with E-state index < -0.39 is 17.7 Å². The number of hydrogen-bond donors (Lipinski definition) is 1. The maximum atomic E-state index is 13.4. The van der Waals surface area contributed by atoms with Crippen molar-refractivity contribution in [2.45, 2.75) is 13.0 Å². The highest BCUT2D eigenvalue weighted by molar-refractivity contribution is 6.52. The van der Waals surface area contributed by atoms with E-state index in [4.69, 9.17) is 44.3 Å². The Hall–Kier alpha value is -3.19. The number of nitrogens with zero attached hydrogens (tertiary/aromatic N) is 1.